The van der Waals surface area contributed by atoms with Crippen molar-refractivity contribution in [2.45, 2.75) is 33.2 Å². The quantitative estimate of drug-likeness (QED) is 0.645. The first-order chi connectivity index (χ1) is 9.66. The van der Waals surface area contributed by atoms with E-state index in [1.54, 1.807) is 0 Å². The zero-order chi connectivity index (χ0) is 16.2. The highest BCUT2D eigenvalue weighted by Gasteiger charge is 2.27. The molecule has 0 saturated carbocycles. The summed E-state index contributed by atoms with van der Waals surface area (Å²) in [6, 6.07) is 3.48. The zero-order valence-electron chi connectivity index (χ0n) is 12.2. The molecule has 0 aliphatic heterocycles. The normalized spacial score (nSPS) is 12.8. The molecular formula is C14H19ClN2O4. The molecule has 116 valence electrons. The van der Waals surface area contributed by atoms with E-state index in [-0.39, 0.29) is 34.3 Å². The molecule has 0 heterocycles. The third-order valence-electron chi connectivity index (χ3n) is 3.18. The summed E-state index contributed by atoms with van der Waals surface area (Å²) in [5.74, 6) is -0.414. The van der Waals surface area contributed by atoms with Crippen LogP contribution in [0.25, 0.3) is 0 Å². The number of halogens is 1. The Balaban J connectivity index is 2.95. The second kappa shape index (κ2) is 6.87. The maximum atomic E-state index is 12.2. The minimum Gasteiger partial charge on any atom is -0.396 e. The first kappa shape index (κ1) is 17.4. The second-order valence-corrected chi connectivity index (χ2v) is 6.23. The van der Waals surface area contributed by atoms with Crippen LogP contribution in [-0.4, -0.2) is 28.6 Å². The zero-order valence-corrected chi connectivity index (χ0v) is 13.0. The molecule has 0 aliphatic rings. The van der Waals surface area contributed by atoms with Gasteiger partial charge < -0.3 is 10.4 Å². The van der Waals surface area contributed by atoms with Gasteiger partial charge in [0.2, 0.25) is 0 Å². The molecular weight excluding hydrogens is 296 g/mol. The number of nitro benzene ring substituents is 1. The first-order valence-corrected chi connectivity index (χ1v) is 6.90. The molecule has 21 heavy (non-hydrogen) atoms. The number of hydrogen-bond acceptors (Lipinski definition) is 4. The summed E-state index contributed by atoms with van der Waals surface area (Å²) in [6.07, 6.45) is 0.417. The standard InChI is InChI=1S/C14H19ClN2O4/c1-14(2,3)12(6-7-18)16-13(19)10-5-4-9(17(20)21)8-11(10)15/h4-5,8,12,18H,6-7H2,1-3H3,(H,16,19). The van der Waals surface area contributed by atoms with Gasteiger partial charge in [0.15, 0.2) is 0 Å². The Hall–Kier alpha value is -1.66. The number of aliphatic hydroxyl groups is 1. The molecule has 1 aromatic rings. The average molecular weight is 315 g/mol. The number of non-ortho nitro benzene ring substituents is 1. The number of rotatable bonds is 5. The van der Waals surface area contributed by atoms with Crippen LogP contribution in [0.1, 0.15) is 37.6 Å². The molecule has 1 amide bonds. The van der Waals surface area contributed by atoms with Crippen LogP contribution in [0, 0.1) is 15.5 Å². The van der Waals surface area contributed by atoms with Crippen LogP contribution in [-0.2, 0) is 0 Å². The van der Waals surface area contributed by atoms with Gasteiger partial charge in [0.05, 0.1) is 15.5 Å². The molecule has 0 bridgehead atoms. The van der Waals surface area contributed by atoms with Gasteiger partial charge in [-0.25, -0.2) is 0 Å². The molecule has 1 unspecified atom stereocenters. The molecule has 1 aromatic carbocycles. The molecule has 2 N–H and O–H groups in total. The van der Waals surface area contributed by atoms with Crippen molar-refractivity contribution in [3.05, 3.63) is 38.9 Å². The van der Waals surface area contributed by atoms with E-state index in [1.807, 2.05) is 20.8 Å². The van der Waals surface area contributed by atoms with E-state index in [0.29, 0.717) is 6.42 Å². The molecule has 0 spiro atoms. The Morgan fingerprint density at radius 2 is 2.10 bits per heavy atom. The highest BCUT2D eigenvalue weighted by molar-refractivity contribution is 6.34. The van der Waals surface area contributed by atoms with Gasteiger partial charge in [0, 0.05) is 24.8 Å². The fourth-order valence-electron chi connectivity index (χ4n) is 1.89. The van der Waals surface area contributed by atoms with Crippen LogP contribution in [0.4, 0.5) is 5.69 Å². The van der Waals surface area contributed by atoms with E-state index in [4.69, 9.17) is 16.7 Å². The lowest BCUT2D eigenvalue weighted by atomic mass is 9.84. The number of aliphatic hydroxyl groups excluding tert-OH is 1. The van der Waals surface area contributed by atoms with Gasteiger partial charge in [0.25, 0.3) is 11.6 Å². The Kier molecular flexibility index (Phi) is 5.69. The summed E-state index contributed by atoms with van der Waals surface area (Å²) in [5.41, 5.74) is -0.222. The number of hydrogen-bond donors (Lipinski definition) is 2. The SMILES string of the molecule is CC(C)(C)C(CCO)NC(=O)c1ccc([N+](=O)[O-])cc1Cl. The summed E-state index contributed by atoms with van der Waals surface area (Å²) in [6.45, 7) is 5.80. The third-order valence-corrected chi connectivity index (χ3v) is 3.49. The topological polar surface area (TPSA) is 92.5 Å². The number of benzene rings is 1. The van der Waals surface area contributed by atoms with Crippen molar-refractivity contribution < 1.29 is 14.8 Å². The van der Waals surface area contributed by atoms with Crippen LogP contribution < -0.4 is 5.32 Å². The molecule has 1 rings (SSSR count). The van der Waals surface area contributed by atoms with Crippen molar-refractivity contribution in [2.24, 2.45) is 5.41 Å². The van der Waals surface area contributed by atoms with Crippen molar-refractivity contribution in [3.63, 3.8) is 0 Å². The monoisotopic (exact) mass is 314 g/mol. The van der Waals surface area contributed by atoms with E-state index in [2.05, 4.69) is 5.32 Å². The predicted octanol–water partition coefficient (Wildman–Crippen LogP) is 2.78. The maximum absolute atomic E-state index is 12.2. The average Bonchev–Trinajstić information content (AvgIpc) is 2.36. The molecule has 0 aliphatic carbocycles. The Morgan fingerprint density at radius 3 is 2.52 bits per heavy atom. The molecule has 1 atom stereocenters. The van der Waals surface area contributed by atoms with Crippen molar-refractivity contribution in [3.8, 4) is 0 Å². The minimum absolute atomic E-state index is 0.0263. The van der Waals surface area contributed by atoms with Crippen molar-refractivity contribution in [1.29, 1.82) is 0 Å². The highest BCUT2D eigenvalue weighted by Crippen LogP contribution is 2.25. The first-order valence-electron chi connectivity index (χ1n) is 6.52. The summed E-state index contributed by atoms with van der Waals surface area (Å²) in [7, 11) is 0. The Bertz CT molecular complexity index is 540. The smallest absolute Gasteiger partial charge is 0.270 e. The summed E-state index contributed by atoms with van der Waals surface area (Å²) in [4.78, 5) is 22.3. The maximum Gasteiger partial charge on any atom is 0.270 e. The number of carbonyl (C=O) groups is 1. The van der Waals surface area contributed by atoms with Crippen LogP contribution in [0.5, 0.6) is 0 Å². The van der Waals surface area contributed by atoms with Gasteiger partial charge in [0.1, 0.15) is 0 Å². The summed E-state index contributed by atoms with van der Waals surface area (Å²) < 4.78 is 0. The van der Waals surface area contributed by atoms with E-state index < -0.39 is 10.8 Å². The van der Waals surface area contributed by atoms with Crippen molar-refractivity contribution in [1.82, 2.24) is 5.32 Å². The third kappa shape index (κ3) is 4.68. The lowest BCUT2D eigenvalue weighted by Crippen LogP contribution is -2.44. The molecule has 7 heteroatoms. The molecule has 0 radical (unpaired) electrons. The van der Waals surface area contributed by atoms with Crippen molar-refractivity contribution in [2.75, 3.05) is 6.61 Å². The number of nitrogens with zero attached hydrogens (tertiary/aromatic N) is 1. The van der Waals surface area contributed by atoms with Crippen LogP contribution in [0.3, 0.4) is 0 Å². The molecule has 0 aromatic heterocycles. The number of carbonyl (C=O) groups excluding carboxylic acids is 1. The van der Waals surface area contributed by atoms with Crippen LogP contribution in [0.15, 0.2) is 18.2 Å². The van der Waals surface area contributed by atoms with E-state index in [9.17, 15) is 14.9 Å². The van der Waals surface area contributed by atoms with Crippen molar-refractivity contribution >= 4 is 23.2 Å². The lowest BCUT2D eigenvalue weighted by molar-refractivity contribution is -0.384. The van der Waals surface area contributed by atoms with Crippen LogP contribution in [0.2, 0.25) is 5.02 Å². The van der Waals surface area contributed by atoms with Crippen LogP contribution >= 0.6 is 11.6 Å². The second-order valence-electron chi connectivity index (χ2n) is 5.83. The largest absolute Gasteiger partial charge is 0.396 e. The molecule has 6 nitrogen and oxygen atoms in total. The minimum atomic E-state index is -0.572. The van der Waals surface area contributed by atoms with Gasteiger partial charge in [-0.15, -0.1) is 0 Å². The van der Waals surface area contributed by atoms with Gasteiger partial charge in [-0.05, 0) is 17.9 Å². The van der Waals surface area contributed by atoms with Gasteiger partial charge in [-0.2, -0.15) is 0 Å². The van der Waals surface area contributed by atoms with Gasteiger partial charge in [-0.1, -0.05) is 32.4 Å². The van der Waals surface area contributed by atoms with Gasteiger partial charge >= 0.3 is 0 Å². The number of amides is 1. The Labute approximate surface area is 128 Å². The van der Waals surface area contributed by atoms with E-state index in [1.165, 1.54) is 12.1 Å². The van der Waals surface area contributed by atoms with Gasteiger partial charge in [-0.3, -0.25) is 14.9 Å². The number of nitro groups is 1. The number of nitrogens with one attached hydrogen (secondary N) is 1. The summed E-state index contributed by atoms with van der Waals surface area (Å²) >= 11 is 5.93. The molecule has 0 saturated heterocycles. The van der Waals surface area contributed by atoms with E-state index in [0.717, 1.165) is 6.07 Å². The van der Waals surface area contributed by atoms with E-state index >= 15 is 0 Å². The fraction of sp³-hybridized carbons (Fsp3) is 0.500. The fourth-order valence-corrected chi connectivity index (χ4v) is 2.15. The lowest BCUT2D eigenvalue weighted by Gasteiger charge is -2.31. The summed E-state index contributed by atoms with van der Waals surface area (Å²) in [5, 5.41) is 22.6. The Morgan fingerprint density at radius 1 is 1.48 bits per heavy atom. The predicted molar refractivity (Wildman–Crippen MR) is 80.5 cm³/mol. The highest BCUT2D eigenvalue weighted by atomic mass is 35.5. The molecule has 0 fully saturated rings.